The van der Waals surface area contributed by atoms with Crippen LogP contribution in [0.5, 0.6) is 0 Å². The van der Waals surface area contributed by atoms with Gasteiger partial charge in [-0.25, -0.2) is 14.2 Å². The van der Waals surface area contributed by atoms with Crippen LogP contribution in [0, 0.1) is 19.7 Å². The minimum Gasteiger partial charge on any atom is -0.321 e. The van der Waals surface area contributed by atoms with Gasteiger partial charge in [0.15, 0.2) is 5.13 Å². The molecule has 3 rings (SSSR count). The van der Waals surface area contributed by atoms with Crippen LogP contribution in [0.15, 0.2) is 42.5 Å². The molecule has 3 aromatic rings. The van der Waals surface area contributed by atoms with Gasteiger partial charge < -0.3 is 10.6 Å². The van der Waals surface area contributed by atoms with E-state index in [1.54, 1.807) is 25.1 Å². The van der Waals surface area contributed by atoms with Crippen LogP contribution in [0.3, 0.4) is 0 Å². The first kappa shape index (κ1) is 19.8. The Bertz CT molecular complexity index is 1040. The molecule has 0 spiro atoms. The van der Waals surface area contributed by atoms with E-state index in [0.29, 0.717) is 27.0 Å². The number of rotatable bonds is 4. The van der Waals surface area contributed by atoms with Gasteiger partial charge in [-0.15, -0.1) is 0 Å². The van der Waals surface area contributed by atoms with E-state index in [-0.39, 0.29) is 11.0 Å². The topological polar surface area (TPSA) is 83.1 Å². The monoisotopic (exact) mass is 418 g/mol. The minimum absolute atomic E-state index is 0.269. The van der Waals surface area contributed by atoms with Gasteiger partial charge in [0, 0.05) is 16.4 Å². The smallest absolute Gasteiger partial charge is 0.321 e. The summed E-state index contributed by atoms with van der Waals surface area (Å²) >= 11 is 7.12. The molecule has 9 heteroatoms. The van der Waals surface area contributed by atoms with Gasteiger partial charge in [0.1, 0.15) is 10.7 Å². The second-order valence-electron chi connectivity index (χ2n) is 5.89. The van der Waals surface area contributed by atoms with Crippen LogP contribution in [-0.2, 0) is 0 Å². The van der Waals surface area contributed by atoms with Crippen molar-refractivity contribution in [2.75, 3.05) is 16.0 Å². The highest BCUT2D eigenvalue weighted by molar-refractivity contribution is 7.17. The Hall–Kier alpha value is -2.97. The molecule has 0 fully saturated rings. The molecule has 2 aromatic carbocycles. The highest BCUT2D eigenvalue weighted by Crippen LogP contribution is 2.27. The van der Waals surface area contributed by atoms with Crippen molar-refractivity contribution >= 4 is 51.4 Å². The summed E-state index contributed by atoms with van der Waals surface area (Å²) in [6.07, 6.45) is 0. The molecule has 0 atom stereocenters. The summed E-state index contributed by atoms with van der Waals surface area (Å²) in [5, 5.41) is 8.76. The Kier molecular flexibility index (Phi) is 5.91. The first-order chi connectivity index (χ1) is 13.3. The zero-order chi connectivity index (χ0) is 20.3. The fourth-order valence-corrected chi connectivity index (χ4v) is 3.41. The highest BCUT2D eigenvalue weighted by atomic mass is 35.5. The number of thiazole rings is 1. The number of halogens is 2. The summed E-state index contributed by atoms with van der Waals surface area (Å²) < 4.78 is 12.9. The first-order valence-electron chi connectivity index (χ1n) is 8.21. The fraction of sp³-hybridized carbons (Fsp3) is 0.105. The Morgan fingerprint density at radius 3 is 2.46 bits per heavy atom. The Morgan fingerprint density at radius 2 is 1.75 bits per heavy atom. The summed E-state index contributed by atoms with van der Waals surface area (Å²) in [5.41, 5.74) is 2.28. The highest BCUT2D eigenvalue weighted by Gasteiger charge is 2.18. The van der Waals surface area contributed by atoms with E-state index in [4.69, 9.17) is 11.6 Å². The standard InChI is InChI=1S/C19H16ClFN4O2S/c1-10-14(20)4-3-5-15(10)24-17(26)16-11(2)22-19(28-16)25-18(27)23-13-8-6-12(21)7-9-13/h3-9H,1-2H3,(H,24,26)(H2,22,23,25,27). The SMILES string of the molecule is Cc1nc(NC(=O)Nc2ccc(F)cc2)sc1C(=O)Nc1cccc(Cl)c1C. The number of benzene rings is 2. The molecule has 0 aliphatic heterocycles. The summed E-state index contributed by atoms with van der Waals surface area (Å²) in [5.74, 6) is -0.737. The van der Waals surface area contributed by atoms with Crippen LogP contribution < -0.4 is 16.0 Å². The number of hydrogen-bond acceptors (Lipinski definition) is 4. The molecule has 0 bridgehead atoms. The van der Waals surface area contributed by atoms with Gasteiger partial charge in [0.2, 0.25) is 0 Å². The van der Waals surface area contributed by atoms with Gasteiger partial charge in [-0.1, -0.05) is 29.0 Å². The number of amides is 3. The predicted octanol–water partition coefficient (Wildman–Crippen LogP) is 5.45. The molecule has 0 aliphatic rings. The third-order valence-corrected chi connectivity index (χ3v) is 5.32. The summed E-state index contributed by atoms with van der Waals surface area (Å²) in [6, 6.07) is 10.1. The molecule has 0 saturated carbocycles. The molecular formula is C19H16ClFN4O2S. The molecule has 0 aliphatic carbocycles. The lowest BCUT2D eigenvalue weighted by Gasteiger charge is -2.08. The third kappa shape index (κ3) is 4.65. The van der Waals surface area contributed by atoms with Crippen molar-refractivity contribution in [3.63, 3.8) is 0 Å². The van der Waals surface area contributed by atoms with Crippen LogP contribution in [0.4, 0.5) is 25.7 Å². The maximum atomic E-state index is 12.9. The molecule has 1 heterocycles. The Morgan fingerprint density at radius 1 is 1.04 bits per heavy atom. The molecule has 144 valence electrons. The van der Waals surface area contributed by atoms with Crippen molar-refractivity contribution in [1.82, 2.24) is 4.98 Å². The molecule has 0 unspecified atom stereocenters. The molecule has 28 heavy (non-hydrogen) atoms. The largest absolute Gasteiger partial charge is 0.325 e. The van der Waals surface area contributed by atoms with Crippen molar-refractivity contribution in [2.45, 2.75) is 13.8 Å². The summed E-state index contributed by atoms with van der Waals surface area (Å²) in [7, 11) is 0. The maximum absolute atomic E-state index is 12.9. The zero-order valence-electron chi connectivity index (χ0n) is 15.0. The van der Waals surface area contributed by atoms with E-state index in [2.05, 4.69) is 20.9 Å². The van der Waals surface area contributed by atoms with Crippen LogP contribution in [0.1, 0.15) is 20.9 Å². The van der Waals surface area contributed by atoms with Crippen molar-refractivity contribution in [2.24, 2.45) is 0 Å². The quantitative estimate of drug-likeness (QED) is 0.526. The number of carbonyl (C=O) groups is 2. The average Bonchev–Trinajstić information content (AvgIpc) is 3.01. The van der Waals surface area contributed by atoms with Crippen molar-refractivity contribution < 1.29 is 14.0 Å². The summed E-state index contributed by atoms with van der Waals surface area (Å²) in [4.78, 5) is 29.2. The zero-order valence-corrected chi connectivity index (χ0v) is 16.5. The summed E-state index contributed by atoms with van der Waals surface area (Å²) in [6.45, 7) is 3.49. The third-order valence-electron chi connectivity index (χ3n) is 3.84. The number of anilines is 3. The van der Waals surface area contributed by atoms with E-state index in [9.17, 15) is 14.0 Å². The molecule has 3 N–H and O–H groups in total. The number of aryl methyl sites for hydroxylation is 1. The molecule has 3 amide bonds. The Labute approximate surface area is 169 Å². The first-order valence-corrected chi connectivity index (χ1v) is 9.40. The number of nitrogens with zero attached hydrogens (tertiary/aromatic N) is 1. The van der Waals surface area contributed by atoms with Crippen LogP contribution in [-0.4, -0.2) is 16.9 Å². The fourth-order valence-electron chi connectivity index (χ4n) is 2.38. The van der Waals surface area contributed by atoms with Gasteiger partial charge in [0.25, 0.3) is 5.91 Å². The molecule has 6 nitrogen and oxygen atoms in total. The molecule has 0 saturated heterocycles. The van der Waals surface area contributed by atoms with E-state index in [1.165, 1.54) is 24.3 Å². The van der Waals surface area contributed by atoms with Gasteiger partial charge in [-0.3, -0.25) is 10.1 Å². The van der Waals surface area contributed by atoms with Gasteiger partial charge >= 0.3 is 6.03 Å². The van der Waals surface area contributed by atoms with E-state index >= 15 is 0 Å². The van der Waals surface area contributed by atoms with Crippen molar-refractivity contribution in [3.8, 4) is 0 Å². The predicted molar refractivity (Wildman–Crippen MR) is 110 cm³/mol. The second kappa shape index (κ2) is 8.37. The molecule has 0 radical (unpaired) electrons. The number of hydrogen-bond donors (Lipinski definition) is 3. The lowest BCUT2D eigenvalue weighted by atomic mass is 10.2. The van der Waals surface area contributed by atoms with E-state index in [1.807, 2.05) is 6.92 Å². The second-order valence-corrected chi connectivity index (χ2v) is 7.29. The maximum Gasteiger partial charge on any atom is 0.325 e. The van der Waals surface area contributed by atoms with Crippen molar-refractivity contribution in [1.29, 1.82) is 0 Å². The number of carbonyl (C=O) groups excluding carboxylic acids is 2. The van der Waals surface area contributed by atoms with Gasteiger partial charge in [0.05, 0.1) is 5.69 Å². The van der Waals surface area contributed by atoms with Gasteiger partial charge in [-0.05, 0) is 55.8 Å². The number of aromatic nitrogens is 1. The van der Waals surface area contributed by atoms with E-state index in [0.717, 1.165) is 16.9 Å². The molecular weight excluding hydrogens is 403 g/mol. The lowest BCUT2D eigenvalue weighted by Crippen LogP contribution is -2.19. The van der Waals surface area contributed by atoms with Crippen LogP contribution in [0.2, 0.25) is 5.02 Å². The molecule has 1 aromatic heterocycles. The lowest BCUT2D eigenvalue weighted by molar-refractivity contribution is 0.102. The van der Waals surface area contributed by atoms with Crippen molar-refractivity contribution in [3.05, 3.63) is 69.4 Å². The van der Waals surface area contributed by atoms with Gasteiger partial charge in [-0.2, -0.15) is 0 Å². The van der Waals surface area contributed by atoms with E-state index < -0.39 is 11.8 Å². The van der Waals surface area contributed by atoms with Crippen LogP contribution >= 0.6 is 22.9 Å². The number of urea groups is 1. The Balaban J connectivity index is 1.68. The average molecular weight is 419 g/mol. The normalized spacial score (nSPS) is 10.4. The number of nitrogens with one attached hydrogen (secondary N) is 3. The minimum atomic E-state index is -0.544. The van der Waals surface area contributed by atoms with Crippen LogP contribution in [0.25, 0.3) is 0 Å².